The van der Waals surface area contributed by atoms with Crippen LogP contribution in [-0.2, 0) is 11.4 Å². The topological polar surface area (TPSA) is 90.3 Å². The molecule has 1 amide bonds. The number of nitrogens with one attached hydrogen (secondary N) is 2. The quantitative estimate of drug-likeness (QED) is 0.395. The molecule has 0 radical (unpaired) electrons. The smallest absolute Gasteiger partial charge is 0.240 e. The van der Waals surface area contributed by atoms with E-state index in [1.807, 2.05) is 85.8 Å². The molecule has 2 heterocycles. The molecule has 35 heavy (non-hydrogen) atoms. The molecule has 0 unspecified atom stereocenters. The second-order valence-corrected chi connectivity index (χ2v) is 9.22. The first-order chi connectivity index (χ1) is 17.1. The average molecular weight is 488 g/mol. The molecule has 0 fully saturated rings. The number of hydrogen-bond acceptors (Lipinski definition) is 7. The van der Waals surface area contributed by atoms with Gasteiger partial charge in [0, 0.05) is 5.69 Å². The largest absolute Gasteiger partial charge is 0.497 e. The van der Waals surface area contributed by atoms with Crippen molar-refractivity contribution in [1.29, 1.82) is 0 Å². The first-order valence-corrected chi connectivity index (χ1v) is 12.1. The Morgan fingerprint density at radius 3 is 2.57 bits per heavy atom. The molecule has 8 nitrogen and oxygen atoms in total. The second-order valence-electron chi connectivity index (χ2n) is 8.11. The summed E-state index contributed by atoms with van der Waals surface area (Å²) in [6.45, 7) is 2.23. The molecule has 0 aliphatic carbocycles. The first-order valence-electron chi connectivity index (χ1n) is 11.2. The minimum Gasteiger partial charge on any atom is -0.497 e. The third-order valence-electron chi connectivity index (χ3n) is 5.63. The van der Waals surface area contributed by atoms with Gasteiger partial charge < -0.3 is 20.2 Å². The minimum absolute atomic E-state index is 0.120. The zero-order valence-electron chi connectivity index (χ0n) is 19.3. The summed E-state index contributed by atoms with van der Waals surface area (Å²) in [5.41, 5.74) is 6.23. The maximum absolute atomic E-state index is 13.4. The number of ether oxygens (including phenoxy) is 2. The van der Waals surface area contributed by atoms with E-state index >= 15 is 0 Å². The molecule has 0 saturated carbocycles. The third kappa shape index (κ3) is 5.09. The van der Waals surface area contributed by atoms with Crippen LogP contribution in [0.15, 0.2) is 84.0 Å². The summed E-state index contributed by atoms with van der Waals surface area (Å²) in [7, 11) is 1.63. The Morgan fingerprint density at radius 2 is 1.83 bits per heavy atom. The van der Waals surface area contributed by atoms with Crippen LogP contribution in [0.25, 0.3) is 0 Å². The summed E-state index contributed by atoms with van der Waals surface area (Å²) in [6, 6.07) is 24.7. The number of nitrogens with zero attached hydrogens (tertiary/aromatic N) is 3. The second kappa shape index (κ2) is 10.1. The number of benzene rings is 3. The molecule has 5 rings (SSSR count). The molecule has 1 aliphatic rings. The van der Waals surface area contributed by atoms with Gasteiger partial charge in [-0.3, -0.25) is 4.79 Å². The average Bonchev–Trinajstić information content (AvgIpc) is 3.29. The molecular formula is C26H25N5O3S. The Labute approximate surface area is 207 Å². The van der Waals surface area contributed by atoms with Crippen molar-refractivity contribution in [1.82, 2.24) is 14.9 Å². The van der Waals surface area contributed by atoms with Crippen LogP contribution in [0, 0.1) is 6.92 Å². The van der Waals surface area contributed by atoms with Gasteiger partial charge in [0.1, 0.15) is 23.4 Å². The lowest BCUT2D eigenvalue weighted by Crippen LogP contribution is -2.41. The number of methoxy groups -OCH3 is 1. The van der Waals surface area contributed by atoms with Crippen LogP contribution in [0.2, 0.25) is 0 Å². The van der Waals surface area contributed by atoms with Crippen molar-refractivity contribution in [3.8, 4) is 11.5 Å². The number of fused-ring (bicyclic) bond motifs is 1. The van der Waals surface area contributed by atoms with E-state index in [0.29, 0.717) is 11.0 Å². The highest BCUT2D eigenvalue weighted by atomic mass is 32.2. The molecule has 0 spiro atoms. The van der Waals surface area contributed by atoms with Crippen molar-refractivity contribution in [2.24, 2.45) is 0 Å². The zero-order chi connectivity index (χ0) is 24.2. The van der Waals surface area contributed by atoms with Crippen LogP contribution >= 0.6 is 11.8 Å². The fourth-order valence-electron chi connectivity index (χ4n) is 3.85. The summed E-state index contributed by atoms with van der Waals surface area (Å²) >= 11 is 1.37. The van der Waals surface area contributed by atoms with Crippen molar-refractivity contribution in [3.05, 3.63) is 95.8 Å². The molecule has 178 valence electrons. The number of carbonyl (C=O) groups excluding carboxylic acids is 1. The number of aryl methyl sites for hydroxylation is 1. The number of carbonyl (C=O) groups is 1. The Balaban J connectivity index is 1.42. The highest BCUT2D eigenvalue weighted by Gasteiger charge is 2.38. The summed E-state index contributed by atoms with van der Waals surface area (Å²) < 4.78 is 13.0. The highest BCUT2D eigenvalue weighted by molar-refractivity contribution is 8.00. The van der Waals surface area contributed by atoms with E-state index in [0.717, 1.165) is 28.3 Å². The molecule has 0 bridgehead atoms. The van der Waals surface area contributed by atoms with Gasteiger partial charge in [0.2, 0.25) is 11.1 Å². The van der Waals surface area contributed by atoms with Gasteiger partial charge in [0.05, 0.1) is 13.2 Å². The molecule has 4 aromatic rings. The normalized spacial score (nSPS) is 16.6. The van der Waals surface area contributed by atoms with Crippen molar-refractivity contribution in [2.75, 3.05) is 17.9 Å². The standard InChI is InChI=1S/C26H25N5O3S/c1-17-7-6-8-19(15-17)27-25(32)24-23(18-11-13-20(33-2)14-12-18)30-31-22(28-29-26(31)35-24)16-34-21-9-4-3-5-10-21/h3-15,23-24,30H,16H2,1-2H3,(H,27,32)/t23-,24-/m1/s1. The van der Waals surface area contributed by atoms with E-state index < -0.39 is 5.25 Å². The predicted molar refractivity (Wildman–Crippen MR) is 135 cm³/mol. The molecule has 3 aromatic carbocycles. The maximum Gasteiger partial charge on any atom is 0.240 e. The van der Waals surface area contributed by atoms with Crippen LogP contribution in [-0.4, -0.2) is 33.1 Å². The Hall–Kier alpha value is -3.98. The van der Waals surface area contributed by atoms with E-state index in [1.54, 1.807) is 11.8 Å². The summed E-state index contributed by atoms with van der Waals surface area (Å²) in [4.78, 5) is 13.4. The lowest BCUT2D eigenvalue weighted by molar-refractivity contribution is -0.116. The van der Waals surface area contributed by atoms with Gasteiger partial charge >= 0.3 is 0 Å². The first kappa shape index (κ1) is 22.8. The van der Waals surface area contributed by atoms with Gasteiger partial charge in [0.25, 0.3) is 0 Å². The number of thioether (sulfide) groups is 1. The van der Waals surface area contributed by atoms with Gasteiger partial charge in [-0.15, -0.1) is 10.2 Å². The van der Waals surface area contributed by atoms with Crippen LogP contribution in [0.4, 0.5) is 5.69 Å². The summed E-state index contributed by atoms with van der Waals surface area (Å²) in [5, 5.41) is 11.8. The monoisotopic (exact) mass is 487 g/mol. The fourth-order valence-corrected chi connectivity index (χ4v) is 4.95. The molecule has 1 aliphatic heterocycles. The van der Waals surface area contributed by atoms with E-state index in [1.165, 1.54) is 11.8 Å². The summed E-state index contributed by atoms with van der Waals surface area (Å²) in [6.07, 6.45) is 0. The lowest BCUT2D eigenvalue weighted by atomic mass is 10.0. The third-order valence-corrected chi connectivity index (χ3v) is 6.85. The van der Waals surface area contributed by atoms with Crippen LogP contribution in [0.5, 0.6) is 11.5 Å². The highest BCUT2D eigenvalue weighted by Crippen LogP contribution is 2.38. The van der Waals surface area contributed by atoms with E-state index in [9.17, 15) is 4.79 Å². The van der Waals surface area contributed by atoms with E-state index in [-0.39, 0.29) is 18.6 Å². The van der Waals surface area contributed by atoms with E-state index in [4.69, 9.17) is 9.47 Å². The SMILES string of the molecule is COc1ccc([C@H]2Nn3c(COc4ccccc4)nnc3S[C@H]2C(=O)Nc2cccc(C)c2)cc1. The van der Waals surface area contributed by atoms with Crippen molar-refractivity contribution in [3.63, 3.8) is 0 Å². The van der Waals surface area contributed by atoms with Crippen LogP contribution in [0.1, 0.15) is 23.0 Å². The summed E-state index contributed by atoms with van der Waals surface area (Å²) in [5.74, 6) is 1.99. The maximum atomic E-state index is 13.4. The van der Waals surface area contributed by atoms with Gasteiger partial charge in [0.15, 0.2) is 5.82 Å². The fraction of sp³-hybridized carbons (Fsp3) is 0.192. The molecule has 9 heteroatoms. The minimum atomic E-state index is -0.483. The Bertz CT molecular complexity index is 1310. The number of para-hydroxylation sites is 1. The number of rotatable bonds is 7. The molecule has 2 atom stereocenters. The van der Waals surface area contributed by atoms with Crippen molar-refractivity contribution >= 4 is 23.4 Å². The molecule has 1 aromatic heterocycles. The van der Waals surface area contributed by atoms with Crippen LogP contribution < -0.4 is 20.2 Å². The molecule has 2 N–H and O–H groups in total. The van der Waals surface area contributed by atoms with Gasteiger partial charge in [-0.25, -0.2) is 4.68 Å². The van der Waals surface area contributed by atoms with E-state index in [2.05, 4.69) is 20.9 Å². The Morgan fingerprint density at radius 1 is 1.03 bits per heavy atom. The zero-order valence-corrected chi connectivity index (χ0v) is 20.2. The van der Waals surface area contributed by atoms with Gasteiger partial charge in [-0.1, -0.05) is 54.2 Å². The number of aromatic nitrogens is 3. The van der Waals surface area contributed by atoms with Gasteiger partial charge in [-0.2, -0.15) is 0 Å². The van der Waals surface area contributed by atoms with Crippen molar-refractivity contribution in [2.45, 2.75) is 30.0 Å². The molecular weight excluding hydrogens is 462 g/mol. The lowest BCUT2D eigenvalue weighted by Gasteiger charge is -2.33. The Kier molecular flexibility index (Phi) is 6.58. The van der Waals surface area contributed by atoms with Crippen LogP contribution in [0.3, 0.4) is 0 Å². The van der Waals surface area contributed by atoms with Gasteiger partial charge in [-0.05, 0) is 54.4 Å². The molecule has 0 saturated heterocycles. The number of hydrogen-bond donors (Lipinski definition) is 2. The number of anilines is 1. The predicted octanol–water partition coefficient (Wildman–Crippen LogP) is 4.57. The van der Waals surface area contributed by atoms with Crippen molar-refractivity contribution < 1.29 is 14.3 Å². The number of amides is 1.